The number of hydrogen-bond donors (Lipinski definition) is 2. The highest BCUT2D eigenvalue weighted by Crippen LogP contribution is 2.32. The van der Waals surface area contributed by atoms with Gasteiger partial charge < -0.3 is 15.4 Å². The number of hydrogen-bond acceptors (Lipinski definition) is 3. The van der Waals surface area contributed by atoms with Crippen molar-refractivity contribution >= 4 is 29.1 Å². The summed E-state index contributed by atoms with van der Waals surface area (Å²) in [6.07, 6.45) is 2.17. The van der Waals surface area contributed by atoms with E-state index >= 15 is 0 Å². The molecule has 0 bridgehead atoms. The molecule has 2 aromatic rings. The van der Waals surface area contributed by atoms with Gasteiger partial charge in [0.25, 0.3) is 5.91 Å². The predicted octanol–water partition coefficient (Wildman–Crippen LogP) is 2.33. The summed E-state index contributed by atoms with van der Waals surface area (Å²) in [6, 6.07) is 10.3. The van der Waals surface area contributed by atoms with Crippen molar-refractivity contribution in [3.63, 3.8) is 0 Å². The molecular formula is C18H23ClN2O2. The fourth-order valence-electron chi connectivity index (χ4n) is 3.10. The van der Waals surface area contributed by atoms with E-state index in [2.05, 4.69) is 34.9 Å². The van der Waals surface area contributed by atoms with Crippen molar-refractivity contribution in [2.75, 3.05) is 33.4 Å². The SMILES string of the molecule is COCCNCCNC(=O)c1ccc2c3c(cccc13)CC2.Cl. The molecule has 0 saturated heterocycles. The van der Waals surface area contributed by atoms with Gasteiger partial charge in [0.1, 0.15) is 0 Å². The minimum atomic E-state index is 0. The summed E-state index contributed by atoms with van der Waals surface area (Å²) in [5.41, 5.74) is 3.51. The molecule has 1 amide bonds. The average molecular weight is 335 g/mol. The van der Waals surface area contributed by atoms with Crippen molar-refractivity contribution < 1.29 is 9.53 Å². The van der Waals surface area contributed by atoms with Crippen molar-refractivity contribution in [1.82, 2.24) is 10.6 Å². The van der Waals surface area contributed by atoms with Crippen LogP contribution in [-0.4, -0.2) is 39.3 Å². The van der Waals surface area contributed by atoms with E-state index in [1.54, 1.807) is 7.11 Å². The summed E-state index contributed by atoms with van der Waals surface area (Å²) < 4.78 is 4.97. The topological polar surface area (TPSA) is 50.4 Å². The third-order valence-corrected chi connectivity index (χ3v) is 4.19. The Balaban J connectivity index is 0.00000192. The number of halogens is 1. The number of nitrogens with one attached hydrogen (secondary N) is 2. The Morgan fingerprint density at radius 1 is 1.09 bits per heavy atom. The van der Waals surface area contributed by atoms with Gasteiger partial charge in [0.15, 0.2) is 0 Å². The van der Waals surface area contributed by atoms with Crippen LogP contribution < -0.4 is 10.6 Å². The van der Waals surface area contributed by atoms with Crippen LogP contribution in [0.25, 0.3) is 10.8 Å². The molecule has 5 heteroatoms. The molecule has 1 aliphatic carbocycles. The van der Waals surface area contributed by atoms with Crippen molar-refractivity contribution in [2.24, 2.45) is 0 Å². The molecule has 0 aromatic heterocycles. The number of methoxy groups -OCH3 is 1. The van der Waals surface area contributed by atoms with Crippen LogP contribution in [0, 0.1) is 0 Å². The number of rotatable bonds is 7. The lowest BCUT2D eigenvalue weighted by molar-refractivity contribution is 0.0955. The van der Waals surface area contributed by atoms with Crippen LogP contribution >= 0.6 is 12.4 Å². The molecule has 124 valence electrons. The normalized spacial score (nSPS) is 12.2. The zero-order chi connectivity index (χ0) is 15.4. The first kappa shape index (κ1) is 17.7. The van der Waals surface area contributed by atoms with Gasteiger partial charge in [0, 0.05) is 32.3 Å². The van der Waals surface area contributed by atoms with Crippen LogP contribution in [0.3, 0.4) is 0 Å². The van der Waals surface area contributed by atoms with Crippen LogP contribution in [0.5, 0.6) is 0 Å². The number of carbonyl (C=O) groups is 1. The molecule has 0 spiro atoms. The van der Waals surface area contributed by atoms with Crippen LogP contribution in [0.1, 0.15) is 21.5 Å². The highest BCUT2D eigenvalue weighted by molar-refractivity contribution is 6.09. The average Bonchev–Trinajstić information content (AvgIpc) is 2.96. The number of amides is 1. The zero-order valence-corrected chi connectivity index (χ0v) is 14.2. The van der Waals surface area contributed by atoms with Gasteiger partial charge in [-0.1, -0.05) is 24.3 Å². The lowest BCUT2D eigenvalue weighted by atomic mass is 9.99. The maximum absolute atomic E-state index is 12.4. The van der Waals surface area contributed by atoms with Crippen molar-refractivity contribution in [1.29, 1.82) is 0 Å². The largest absolute Gasteiger partial charge is 0.383 e. The first-order valence-electron chi connectivity index (χ1n) is 7.82. The third kappa shape index (κ3) is 3.83. The smallest absolute Gasteiger partial charge is 0.251 e. The third-order valence-electron chi connectivity index (χ3n) is 4.19. The lowest BCUT2D eigenvalue weighted by Gasteiger charge is -2.10. The van der Waals surface area contributed by atoms with Crippen molar-refractivity contribution in [3.05, 3.63) is 47.0 Å². The first-order chi connectivity index (χ1) is 10.8. The van der Waals surface area contributed by atoms with E-state index in [0.29, 0.717) is 13.2 Å². The molecule has 0 saturated carbocycles. The van der Waals surface area contributed by atoms with E-state index < -0.39 is 0 Å². The number of ether oxygens (including phenoxy) is 1. The Bertz CT molecular complexity index is 678. The second-order valence-corrected chi connectivity index (χ2v) is 5.61. The summed E-state index contributed by atoms with van der Waals surface area (Å²) in [5.74, 6) is 0.00383. The van der Waals surface area contributed by atoms with Gasteiger partial charge in [-0.2, -0.15) is 0 Å². The zero-order valence-electron chi connectivity index (χ0n) is 13.4. The number of carbonyl (C=O) groups excluding carboxylic acids is 1. The van der Waals surface area contributed by atoms with E-state index in [4.69, 9.17) is 4.74 Å². The van der Waals surface area contributed by atoms with Gasteiger partial charge in [-0.15, -0.1) is 12.4 Å². The predicted molar refractivity (Wildman–Crippen MR) is 95.7 cm³/mol. The highest BCUT2D eigenvalue weighted by atomic mass is 35.5. The molecule has 2 aromatic carbocycles. The molecular weight excluding hydrogens is 312 g/mol. The Labute approximate surface area is 143 Å². The maximum Gasteiger partial charge on any atom is 0.251 e. The molecule has 0 atom stereocenters. The fourth-order valence-corrected chi connectivity index (χ4v) is 3.10. The molecule has 1 aliphatic rings. The highest BCUT2D eigenvalue weighted by Gasteiger charge is 2.18. The monoisotopic (exact) mass is 334 g/mol. The summed E-state index contributed by atoms with van der Waals surface area (Å²) in [7, 11) is 1.68. The summed E-state index contributed by atoms with van der Waals surface area (Å²) >= 11 is 0. The number of aryl methyl sites for hydroxylation is 2. The van der Waals surface area contributed by atoms with E-state index in [1.165, 1.54) is 16.5 Å². The Morgan fingerprint density at radius 2 is 1.87 bits per heavy atom. The minimum Gasteiger partial charge on any atom is -0.383 e. The van der Waals surface area contributed by atoms with E-state index in [1.807, 2.05) is 6.07 Å². The lowest BCUT2D eigenvalue weighted by Crippen LogP contribution is -2.33. The van der Waals surface area contributed by atoms with E-state index in [-0.39, 0.29) is 18.3 Å². The van der Waals surface area contributed by atoms with E-state index in [0.717, 1.165) is 36.9 Å². The molecule has 23 heavy (non-hydrogen) atoms. The summed E-state index contributed by atoms with van der Waals surface area (Å²) in [4.78, 5) is 12.4. The molecule has 3 rings (SSSR count). The molecule has 2 N–H and O–H groups in total. The minimum absolute atomic E-state index is 0. The maximum atomic E-state index is 12.4. The van der Waals surface area contributed by atoms with Crippen LogP contribution in [0.15, 0.2) is 30.3 Å². The second-order valence-electron chi connectivity index (χ2n) is 5.61. The standard InChI is InChI=1S/C18H22N2O2.ClH/c1-22-12-11-19-9-10-20-18(21)16-8-7-14-6-5-13-3-2-4-15(16)17(13)14;/h2-4,7-8,19H,5-6,9-12H2,1H3,(H,20,21);1H. The van der Waals surface area contributed by atoms with Crippen LogP contribution in [0.4, 0.5) is 0 Å². The Hall–Kier alpha value is -1.62. The Kier molecular flexibility index (Phi) is 6.39. The van der Waals surface area contributed by atoms with Gasteiger partial charge in [-0.05, 0) is 40.8 Å². The Morgan fingerprint density at radius 3 is 2.65 bits per heavy atom. The number of benzene rings is 2. The molecule has 4 nitrogen and oxygen atoms in total. The summed E-state index contributed by atoms with van der Waals surface area (Å²) in [5, 5.41) is 8.57. The van der Waals surface area contributed by atoms with Crippen molar-refractivity contribution in [2.45, 2.75) is 12.8 Å². The molecule has 0 aliphatic heterocycles. The van der Waals surface area contributed by atoms with Crippen molar-refractivity contribution in [3.8, 4) is 0 Å². The molecule has 0 fully saturated rings. The van der Waals surface area contributed by atoms with Gasteiger partial charge in [-0.25, -0.2) is 0 Å². The first-order valence-corrected chi connectivity index (χ1v) is 7.82. The van der Waals surface area contributed by atoms with Crippen LogP contribution in [0.2, 0.25) is 0 Å². The molecule has 0 heterocycles. The van der Waals surface area contributed by atoms with Crippen LogP contribution in [-0.2, 0) is 17.6 Å². The van der Waals surface area contributed by atoms with Gasteiger partial charge in [0.05, 0.1) is 6.61 Å². The fraction of sp³-hybridized carbons (Fsp3) is 0.389. The van der Waals surface area contributed by atoms with Gasteiger partial charge in [0.2, 0.25) is 0 Å². The molecule has 0 unspecified atom stereocenters. The quantitative estimate of drug-likeness (QED) is 0.764. The van der Waals surface area contributed by atoms with Gasteiger partial charge in [-0.3, -0.25) is 4.79 Å². The van der Waals surface area contributed by atoms with E-state index in [9.17, 15) is 4.79 Å². The summed E-state index contributed by atoms with van der Waals surface area (Å²) in [6.45, 7) is 2.85. The molecule has 0 radical (unpaired) electrons. The van der Waals surface area contributed by atoms with Gasteiger partial charge >= 0.3 is 0 Å². The second kappa shape index (κ2) is 8.29.